The topological polar surface area (TPSA) is 73.9 Å². The molecule has 1 heterocycles. The van der Waals surface area contributed by atoms with E-state index in [1.54, 1.807) is 25.1 Å². The Kier molecular flexibility index (Phi) is 7.00. The number of hydrogen-bond donors (Lipinski definition) is 1. The van der Waals surface area contributed by atoms with Crippen LogP contribution in [-0.2, 0) is 14.3 Å². The van der Waals surface area contributed by atoms with Gasteiger partial charge in [-0.25, -0.2) is 13.6 Å². The number of ether oxygens (including phenoxy) is 3. The number of halogens is 2. The zero-order valence-corrected chi connectivity index (χ0v) is 16.3. The Morgan fingerprint density at radius 1 is 1.13 bits per heavy atom. The number of fused-ring (bicyclic) bond motifs is 1. The zero-order chi connectivity index (χ0) is 21.5. The molecule has 2 aromatic rings. The number of nitrogens with one attached hydrogen (secondary N) is 1. The van der Waals surface area contributed by atoms with E-state index >= 15 is 0 Å². The Labute approximate surface area is 172 Å². The van der Waals surface area contributed by atoms with E-state index in [2.05, 4.69) is 5.32 Å². The quantitative estimate of drug-likeness (QED) is 0.575. The molecule has 30 heavy (non-hydrogen) atoms. The van der Waals surface area contributed by atoms with Gasteiger partial charge in [0.25, 0.3) is 5.91 Å². The van der Waals surface area contributed by atoms with Crippen LogP contribution in [0.25, 0.3) is 6.08 Å². The standard InChI is InChI=1S/C22H21F2NO5/c1-14(17-6-5-16(23)12-18(17)24)25-21(26)13-30-22(27)8-4-15-3-7-19-20(11-15)29-10-2-9-28-19/h3-8,11-12,14H,2,9-10,13H2,1H3,(H,25,26)/b8-4+/t14-/m1/s1. The van der Waals surface area contributed by atoms with Crippen LogP contribution in [-0.4, -0.2) is 31.7 Å². The second kappa shape index (κ2) is 9.87. The first-order chi connectivity index (χ1) is 14.4. The third kappa shape index (κ3) is 5.79. The molecule has 6 nitrogen and oxygen atoms in total. The summed E-state index contributed by atoms with van der Waals surface area (Å²) >= 11 is 0. The molecule has 0 spiro atoms. The number of benzene rings is 2. The van der Waals surface area contributed by atoms with Crippen LogP contribution >= 0.6 is 0 Å². The first-order valence-electron chi connectivity index (χ1n) is 9.41. The van der Waals surface area contributed by atoms with Crippen molar-refractivity contribution in [2.45, 2.75) is 19.4 Å². The normalized spacial score (nSPS) is 14.1. The van der Waals surface area contributed by atoms with Gasteiger partial charge in [0.05, 0.1) is 19.3 Å². The molecular formula is C22H21F2NO5. The third-order valence-corrected chi connectivity index (χ3v) is 4.34. The number of carbonyl (C=O) groups excluding carboxylic acids is 2. The van der Waals surface area contributed by atoms with E-state index < -0.39 is 36.2 Å². The molecule has 0 aromatic heterocycles. The van der Waals surface area contributed by atoms with Crippen LogP contribution in [0, 0.1) is 11.6 Å². The molecule has 0 bridgehead atoms. The van der Waals surface area contributed by atoms with Gasteiger partial charge in [-0.3, -0.25) is 4.79 Å². The van der Waals surface area contributed by atoms with Crippen molar-refractivity contribution in [2.75, 3.05) is 19.8 Å². The fraction of sp³-hybridized carbons (Fsp3) is 0.273. The van der Waals surface area contributed by atoms with E-state index in [4.69, 9.17) is 14.2 Å². The fourth-order valence-corrected chi connectivity index (χ4v) is 2.85. The molecule has 0 fully saturated rings. The molecule has 1 amide bonds. The Bertz CT molecular complexity index is 961. The van der Waals surface area contributed by atoms with Crippen LogP contribution in [0.5, 0.6) is 11.5 Å². The molecule has 1 aliphatic rings. The van der Waals surface area contributed by atoms with Gasteiger partial charge < -0.3 is 19.5 Å². The second-order valence-electron chi connectivity index (χ2n) is 6.65. The van der Waals surface area contributed by atoms with Crippen LogP contribution in [0.4, 0.5) is 8.78 Å². The molecule has 0 aliphatic carbocycles. The van der Waals surface area contributed by atoms with Gasteiger partial charge in [-0.2, -0.15) is 0 Å². The monoisotopic (exact) mass is 417 g/mol. The molecule has 0 saturated heterocycles. The van der Waals surface area contributed by atoms with Crippen LogP contribution < -0.4 is 14.8 Å². The Morgan fingerprint density at radius 2 is 1.90 bits per heavy atom. The summed E-state index contributed by atoms with van der Waals surface area (Å²) in [6, 6.07) is 7.65. The van der Waals surface area contributed by atoms with Gasteiger partial charge in [-0.15, -0.1) is 0 Å². The molecule has 0 saturated carbocycles. The predicted molar refractivity (Wildman–Crippen MR) is 105 cm³/mol. The predicted octanol–water partition coefficient (Wildman–Crippen LogP) is 3.56. The van der Waals surface area contributed by atoms with Crippen molar-refractivity contribution in [1.82, 2.24) is 5.32 Å². The lowest BCUT2D eigenvalue weighted by Crippen LogP contribution is -2.31. The summed E-state index contributed by atoms with van der Waals surface area (Å²) in [6.45, 7) is 2.15. The molecule has 3 rings (SSSR count). The van der Waals surface area contributed by atoms with Gasteiger partial charge in [0.1, 0.15) is 11.6 Å². The van der Waals surface area contributed by atoms with Gasteiger partial charge in [-0.05, 0) is 36.8 Å². The van der Waals surface area contributed by atoms with Gasteiger partial charge in [-0.1, -0.05) is 12.1 Å². The molecule has 1 atom stereocenters. The second-order valence-corrected chi connectivity index (χ2v) is 6.65. The SMILES string of the molecule is C[C@@H](NC(=O)COC(=O)/C=C/c1ccc2c(c1)OCCCO2)c1ccc(F)cc1F. The van der Waals surface area contributed by atoms with Crippen molar-refractivity contribution in [1.29, 1.82) is 0 Å². The highest BCUT2D eigenvalue weighted by Gasteiger charge is 2.15. The number of rotatable bonds is 6. The highest BCUT2D eigenvalue weighted by molar-refractivity contribution is 5.89. The summed E-state index contributed by atoms with van der Waals surface area (Å²) < 4.78 is 42.8. The van der Waals surface area contributed by atoms with E-state index in [1.807, 2.05) is 0 Å². The van der Waals surface area contributed by atoms with Crippen molar-refractivity contribution >= 4 is 18.0 Å². The first kappa shape index (κ1) is 21.3. The van der Waals surface area contributed by atoms with Crippen LogP contribution in [0.2, 0.25) is 0 Å². The summed E-state index contributed by atoms with van der Waals surface area (Å²) in [4.78, 5) is 23.8. The smallest absolute Gasteiger partial charge is 0.331 e. The molecule has 2 aromatic carbocycles. The minimum Gasteiger partial charge on any atom is -0.490 e. The molecule has 0 radical (unpaired) electrons. The highest BCUT2D eigenvalue weighted by Crippen LogP contribution is 2.30. The number of amides is 1. The Hall–Kier alpha value is -3.42. The highest BCUT2D eigenvalue weighted by atomic mass is 19.1. The van der Waals surface area contributed by atoms with Crippen molar-refractivity contribution in [3.8, 4) is 11.5 Å². The Balaban J connectivity index is 1.49. The minimum atomic E-state index is -0.766. The number of esters is 1. The van der Waals surface area contributed by atoms with Crippen LogP contribution in [0.15, 0.2) is 42.5 Å². The average Bonchev–Trinajstić information content (AvgIpc) is 2.95. The summed E-state index contributed by atoms with van der Waals surface area (Å²) in [6.07, 6.45) is 3.52. The van der Waals surface area contributed by atoms with Gasteiger partial charge in [0, 0.05) is 24.1 Å². The maximum Gasteiger partial charge on any atom is 0.331 e. The lowest BCUT2D eigenvalue weighted by molar-refractivity contribution is -0.144. The van der Waals surface area contributed by atoms with Crippen molar-refractivity contribution < 1.29 is 32.6 Å². The minimum absolute atomic E-state index is 0.130. The van der Waals surface area contributed by atoms with E-state index in [0.29, 0.717) is 30.3 Å². The van der Waals surface area contributed by atoms with Crippen LogP contribution in [0.1, 0.15) is 30.5 Å². The molecular weight excluding hydrogens is 396 g/mol. The van der Waals surface area contributed by atoms with Crippen molar-refractivity contribution in [3.05, 3.63) is 65.2 Å². The van der Waals surface area contributed by atoms with Gasteiger partial charge in [0.15, 0.2) is 18.1 Å². The maximum absolute atomic E-state index is 13.8. The van der Waals surface area contributed by atoms with Gasteiger partial charge >= 0.3 is 5.97 Å². The summed E-state index contributed by atoms with van der Waals surface area (Å²) in [5.74, 6) is -1.54. The third-order valence-electron chi connectivity index (χ3n) is 4.34. The first-order valence-corrected chi connectivity index (χ1v) is 9.41. The lowest BCUT2D eigenvalue weighted by Gasteiger charge is -2.15. The van der Waals surface area contributed by atoms with Gasteiger partial charge in [0.2, 0.25) is 0 Å². The molecule has 0 unspecified atom stereocenters. The summed E-state index contributed by atoms with van der Waals surface area (Å²) in [7, 11) is 0. The van der Waals surface area contributed by atoms with Crippen molar-refractivity contribution in [3.63, 3.8) is 0 Å². The molecule has 1 aliphatic heterocycles. The number of carbonyl (C=O) groups is 2. The van der Waals surface area contributed by atoms with E-state index in [1.165, 1.54) is 18.2 Å². The fourth-order valence-electron chi connectivity index (χ4n) is 2.85. The van der Waals surface area contributed by atoms with Crippen molar-refractivity contribution in [2.24, 2.45) is 0 Å². The number of hydrogen-bond acceptors (Lipinski definition) is 5. The Morgan fingerprint density at radius 3 is 2.67 bits per heavy atom. The summed E-state index contributed by atoms with van der Waals surface area (Å²) in [5, 5.41) is 2.49. The lowest BCUT2D eigenvalue weighted by atomic mass is 10.1. The van der Waals surface area contributed by atoms with Crippen LogP contribution in [0.3, 0.4) is 0 Å². The molecule has 1 N–H and O–H groups in total. The largest absolute Gasteiger partial charge is 0.490 e. The van der Waals surface area contributed by atoms with E-state index in [-0.39, 0.29) is 5.56 Å². The molecule has 8 heteroatoms. The van der Waals surface area contributed by atoms with E-state index in [0.717, 1.165) is 18.6 Å². The average molecular weight is 417 g/mol. The van der Waals surface area contributed by atoms with E-state index in [9.17, 15) is 18.4 Å². The maximum atomic E-state index is 13.8. The zero-order valence-electron chi connectivity index (χ0n) is 16.3. The molecule has 158 valence electrons. The summed E-state index contributed by atoms with van der Waals surface area (Å²) in [5.41, 5.74) is 0.839.